The number of amides is 1. The average molecular weight is 326 g/mol. The Hall–Kier alpha value is -0.730. The van der Waals surface area contributed by atoms with Crippen LogP contribution in [0.2, 0.25) is 10.0 Å². The van der Waals surface area contributed by atoms with Crippen molar-refractivity contribution in [1.29, 1.82) is 0 Å². The number of rotatable bonds is 2. The first-order chi connectivity index (χ1) is 9.75. The summed E-state index contributed by atoms with van der Waals surface area (Å²) in [6.45, 7) is 6.82. The van der Waals surface area contributed by atoms with Crippen LogP contribution in [0, 0.1) is 16.7 Å². The molecule has 0 saturated heterocycles. The molecule has 4 heteroatoms. The van der Waals surface area contributed by atoms with Crippen LogP contribution >= 0.6 is 23.2 Å². The van der Waals surface area contributed by atoms with Gasteiger partial charge in [-0.2, -0.15) is 0 Å². The first-order valence-electron chi connectivity index (χ1n) is 7.50. The monoisotopic (exact) mass is 325 g/mol. The number of fused-ring (bicyclic) bond motifs is 2. The van der Waals surface area contributed by atoms with E-state index < -0.39 is 0 Å². The lowest BCUT2D eigenvalue weighted by atomic mass is 9.68. The molecule has 1 N–H and O–H groups in total. The molecule has 1 aromatic rings. The summed E-state index contributed by atoms with van der Waals surface area (Å²) in [6.07, 6.45) is 3.65. The summed E-state index contributed by atoms with van der Waals surface area (Å²) in [7, 11) is 0. The van der Waals surface area contributed by atoms with Crippen molar-refractivity contribution >= 4 is 29.1 Å². The molecule has 3 atom stereocenters. The Morgan fingerprint density at radius 2 is 1.86 bits per heavy atom. The van der Waals surface area contributed by atoms with Crippen LogP contribution in [-0.2, 0) is 0 Å². The minimum atomic E-state index is -0.155. The highest BCUT2D eigenvalue weighted by atomic mass is 35.5. The normalized spacial score (nSPS) is 33.2. The second kappa shape index (κ2) is 4.89. The molecule has 0 heterocycles. The molecule has 21 heavy (non-hydrogen) atoms. The zero-order valence-electron chi connectivity index (χ0n) is 12.7. The van der Waals surface area contributed by atoms with Gasteiger partial charge in [0, 0.05) is 6.04 Å². The molecule has 1 amide bonds. The van der Waals surface area contributed by atoms with Crippen LogP contribution in [-0.4, -0.2) is 11.9 Å². The summed E-state index contributed by atoms with van der Waals surface area (Å²) in [5, 5.41) is 4.05. The van der Waals surface area contributed by atoms with Crippen molar-refractivity contribution in [3.05, 3.63) is 33.8 Å². The molecule has 0 spiro atoms. The molecule has 1 aromatic carbocycles. The summed E-state index contributed by atoms with van der Waals surface area (Å²) in [5.74, 6) is 0.534. The molecule has 3 rings (SSSR count). The molecule has 0 unspecified atom stereocenters. The predicted octanol–water partition coefficient (Wildman–Crippen LogP) is 4.94. The van der Waals surface area contributed by atoms with Gasteiger partial charge in [-0.15, -0.1) is 0 Å². The van der Waals surface area contributed by atoms with Crippen molar-refractivity contribution in [1.82, 2.24) is 5.32 Å². The standard InChI is InChI=1S/C17H21Cl2NO/c1-16(2)10-7-8-17(3,9-10)15(16)20-14(21)13-11(18)5-4-6-12(13)19/h4-6,10,15H,7-9H2,1-3H3,(H,20,21)/t10-,15+,17-/m1/s1. The number of hydrogen-bond acceptors (Lipinski definition) is 1. The van der Waals surface area contributed by atoms with Gasteiger partial charge in [-0.25, -0.2) is 0 Å². The largest absolute Gasteiger partial charge is 0.348 e. The molecule has 0 aliphatic heterocycles. The topological polar surface area (TPSA) is 29.1 Å². The van der Waals surface area contributed by atoms with Crippen molar-refractivity contribution in [2.75, 3.05) is 0 Å². The van der Waals surface area contributed by atoms with E-state index in [0.29, 0.717) is 21.5 Å². The average Bonchev–Trinajstić information content (AvgIpc) is 2.86. The smallest absolute Gasteiger partial charge is 0.254 e. The maximum atomic E-state index is 12.7. The van der Waals surface area contributed by atoms with Crippen LogP contribution in [0.3, 0.4) is 0 Å². The van der Waals surface area contributed by atoms with Crippen LogP contribution in [0.15, 0.2) is 18.2 Å². The molecule has 2 aliphatic carbocycles. The Morgan fingerprint density at radius 3 is 2.38 bits per heavy atom. The zero-order valence-corrected chi connectivity index (χ0v) is 14.2. The van der Waals surface area contributed by atoms with E-state index >= 15 is 0 Å². The molecule has 2 saturated carbocycles. The quantitative estimate of drug-likeness (QED) is 0.819. The SMILES string of the molecule is CC1(C)[C@@H]2CC[C@](C)(C2)[C@H]1NC(=O)c1c(Cl)cccc1Cl. The van der Waals surface area contributed by atoms with Gasteiger partial charge in [-0.05, 0) is 48.1 Å². The van der Waals surface area contributed by atoms with E-state index in [2.05, 4.69) is 26.1 Å². The van der Waals surface area contributed by atoms with Gasteiger partial charge in [0.1, 0.15) is 0 Å². The van der Waals surface area contributed by atoms with E-state index in [9.17, 15) is 4.79 Å². The fourth-order valence-corrected chi connectivity index (χ4v) is 5.15. The number of halogens is 2. The Morgan fingerprint density at radius 1 is 1.24 bits per heavy atom. The highest BCUT2D eigenvalue weighted by Crippen LogP contribution is 2.62. The number of carbonyl (C=O) groups is 1. The summed E-state index contributed by atoms with van der Waals surface area (Å²) >= 11 is 12.3. The van der Waals surface area contributed by atoms with Crippen LogP contribution in [0.25, 0.3) is 0 Å². The third-order valence-corrected chi connectivity index (χ3v) is 6.36. The van der Waals surface area contributed by atoms with Crippen molar-refractivity contribution in [2.45, 2.75) is 46.1 Å². The molecule has 2 fully saturated rings. The molecular weight excluding hydrogens is 305 g/mol. The van der Waals surface area contributed by atoms with E-state index in [1.165, 1.54) is 19.3 Å². The number of carbonyl (C=O) groups excluding carboxylic acids is 1. The summed E-state index contributed by atoms with van der Waals surface area (Å²) in [4.78, 5) is 12.7. The zero-order chi connectivity index (χ0) is 15.4. The summed E-state index contributed by atoms with van der Waals surface area (Å²) < 4.78 is 0. The molecule has 2 nitrogen and oxygen atoms in total. The minimum Gasteiger partial charge on any atom is -0.348 e. The second-order valence-corrected chi connectivity index (χ2v) is 8.23. The number of hydrogen-bond donors (Lipinski definition) is 1. The van der Waals surface area contributed by atoms with Gasteiger partial charge in [0.15, 0.2) is 0 Å². The maximum Gasteiger partial charge on any atom is 0.254 e. The van der Waals surface area contributed by atoms with Crippen LogP contribution in [0.4, 0.5) is 0 Å². The third-order valence-electron chi connectivity index (χ3n) is 5.74. The fourth-order valence-electron chi connectivity index (χ4n) is 4.58. The van der Waals surface area contributed by atoms with Crippen LogP contribution in [0.1, 0.15) is 50.4 Å². The first kappa shape index (κ1) is 15.2. The van der Waals surface area contributed by atoms with Crippen molar-refractivity contribution in [3.63, 3.8) is 0 Å². The van der Waals surface area contributed by atoms with Crippen LogP contribution < -0.4 is 5.32 Å². The third kappa shape index (κ3) is 2.27. The predicted molar refractivity (Wildman–Crippen MR) is 86.9 cm³/mol. The Labute approximate surface area is 136 Å². The van der Waals surface area contributed by atoms with Crippen molar-refractivity contribution < 1.29 is 4.79 Å². The minimum absolute atomic E-state index is 0.121. The number of nitrogens with one attached hydrogen (secondary N) is 1. The van der Waals surface area contributed by atoms with Crippen molar-refractivity contribution in [2.24, 2.45) is 16.7 Å². The fraction of sp³-hybridized carbons (Fsp3) is 0.588. The van der Waals surface area contributed by atoms with E-state index in [1.54, 1.807) is 18.2 Å². The molecule has 2 aliphatic rings. The molecular formula is C17H21Cl2NO. The van der Waals surface area contributed by atoms with Gasteiger partial charge in [-0.3, -0.25) is 4.79 Å². The Kier molecular flexibility index (Phi) is 3.53. The lowest BCUT2D eigenvalue weighted by Crippen LogP contribution is -2.52. The van der Waals surface area contributed by atoms with Gasteiger partial charge < -0.3 is 5.32 Å². The molecule has 0 radical (unpaired) electrons. The van der Waals surface area contributed by atoms with E-state index in [4.69, 9.17) is 23.2 Å². The van der Waals surface area contributed by atoms with Crippen LogP contribution in [0.5, 0.6) is 0 Å². The van der Waals surface area contributed by atoms with Gasteiger partial charge in [-0.1, -0.05) is 50.0 Å². The number of benzene rings is 1. The molecule has 2 bridgehead atoms. The van der Waals surface area contributed by atoms with Gasteiger partial charge >= 0.3 is 0 Å². The Bertz CT molecular complexity index is 573. The lowest BCUT2D eigenvalue weighted by Gasteiger charge is -2.43. The Balaban J connectivity index is 1.89. The summed E-state index contributed by atoms with van der Waals surface area (Å²) in [6, 6.07) is 5.33. The van der Waals surface area contributed by atoms with E-state index in [0.717, 1.165) is 0 Å². The van der Waals surface area contributed by atoms with Gasteiger partial charge in [0.05, 0.1) is 15.6 Å². The maximum absolute atomic E-state index is 12.7. The highest BCUT2D eigenvalue weighted by Gasteiger charge is 2.59. The van der Waals surface area contributed by atoms with E-state index in [-0.39, 0.29) is 22.8 Å². The highest BCUT2D eigenvalue weighted by molar-refractivity contribution is 6.39. The molecule has 114 valence electrons. The van der Waals surface area contributed by atoms with E-state index in [1.807, 2.05) is 0 Å². The van der Waals surface area contributed by atoms with Crippen molar-refractivity contribution in [3.8, 4) is 0 Å². The first-order valence-corrected chi connectivity index (χ1v) is 8.26. The van der Waals surface area contributed by atoms with Gasteiger partial charge in [0.25, 0.3) is 5.91 Å². The van der Waals surface area contributed by atoms with Gasteiger partial charge in [0.2, 0.25) is 0 Å². The summed E-state index contributed by atoms with van der Waals surface area (Å²) in [5.41, 5.74) is 0.705. The molecule has 0 aromatic heterocycles. The second-order valence-electron chi connectivity index (χ2n) is 7.42. The lowest BCUT2D eigenvalue weighted by molar-refractivity contribution is 0.0738.